The lowest BCUT2D eigenvalue weighted by Crippen LogP contribution is -2.13. The molecule has 0 N–H and O–H groups in total. The molecule has 0 aromatic carbocycles. The summed E-state index contributed by atoms with van der Waals surface area (Å²) in [6.45, 7) is 6.82. The summed E-state index contributed by atoms with van der Waals surface area (Å²) >= 11 is 0. The van der Waals surface area contributed by atoms with Crippen molar-refractivity contribution >= 4 is 0 Å². The number of rotatable bonds is 1. The van der Waals surface area contributed by atoms with E-state index >= 15 is 0 Å². The standard InChI is InChI=1S/C12H17N/c1-4-9-6-8-13-11-10(9)5-7-12(11,2)3/h6,8H,4-5,7H2,1-3H3. The van der Waals surface area contributed by atoms with Gasteiger partial charge in [0, 0.05) is 17.3 Å². The van der Waals surface area contributed by atoms with Crippen LogP contribution in [0.3, 0.4) is 0 Å². The van der Waals surface area contributed by atoms with Crippen molar-refractivity contribution in [2.24, 2.45) is 0 Å². The van der Waals surface area contributed by atoms with Gasteiger partial charge in [0.05, 0.1) is 0 Å². The molecule has 0 unspecified atom stereocenters. The number of nitrogens with zero attached hydrogens (tertiary/aromatic N) is 1. The molecule has 1 aliphatic rings. The molecule has 0 aliphatic heterocycles. The van der Waals surface area contributed by atoms with Gasteiger partial charge in [0.2, 0.25) is 0 Å². The Bertz CT molecular complexity index is 326. The van der Waals surface area contributed by atoms with Gasteiger partial charge in [-0.2, -0.15) is 0 Å². The highest BCUT2D eigenvalue weighted by Gasteiger charge is 2.32. The predicted octanol–water partition coefficient (Wildman–Crippen LogP) is 2.87. The zero-order chi connectivity index (χ0) is 9.47. The second-order valence-corrected chi connectivity index (χ2v) is 4.53. The fourth-order valence-electron chi connectivity index (χ4n) is 2.28. The Morgan fingerprint density at radius 2 is 2.23 bits per heavy atom. The fourth-order valence-corrected chi connectivity index (χ4v) is 2.28. The lowest BCUT2D eigenvalue weighted by atomic mass is 9.90. The highest BCUT2D eigenvalue weighted by atomic mass is 14.7. The summed E-state index contributed by atoms with van der Waals surface area (Å²) in [5.74, 6) is 0. The van der Waals surface area contributed by atoms with Gasteiger partial charge in [-0.15, -0.1) is 0 Å². The van der Waals surface area contributed by atoms with E-state index < -0.39 is 0 Å². The van der Waals surface area contributed by atoms with E-state index in [1.54, 1.807) is 0 Å². The van der Waals surface area contributed by atoms with Crippen LogP contribution in [0, 0.1) is 0 Å². The SMILES string of the molecule is CCc1ccnc2c1CCC2(C)C. The lowest BCUT2D eigenvalue weighted by Gasteiger charge is -2.17. The fraction of sp³-hybridized carbons (Fsp3) is 0.583. The van der Waals surface area contributed by atoms with E-state index in [0.29, 0.717) is 5.41 Å². The maximum Gasteiger partial charge on any atom is 0.0494 e. The van der Waals surface area contributed by atoms with Crippen molar-refractivity contribution < 1.29 is 0 Å². The minimum atomic E-state index is 0.306. The number of aromatic nitrogens is 1. The molecule has 1 nitrogen and oxygen atoms in total. The minimum Gasteiger partial charge on any atom is -0.260 e. The van der Waals surface area contributed by atoms with E-state index in [1.165, 1.54) is 29.7 Å². The van der Waals surface area contributed by atoms with E-state index in [4.69, 9.17) is 0 Å². The molecule has 1 heteroatoms. The minimum absolute atomic E-state index is 0.306. The summed E-state index contributed by atoms with van der Waals surface area (Å²) in [6.07, 6.45) is 5.58. The highest BCUT2D eigenvalue weighted by Crippen LogP contribution is 2.38. The first kappa shape index (κ1) is 8.74. The molecule has 0 saturated carbocycles. The average molecular weight is 175 g/mol. The summed E-state index contributed by atoms with van der Waals surface area (Å²) < 4.78 is 0. The van der Waals surface area contributed by atoms with Crippen LogP contribution in [0.5, 0.6) is 0 Å². The Morgan fingerprint density at radius 1 is 1.46 bits per heavy atom. The second kappa shape index (κ2) is 2.83. The van der Waals surface area contributed by atoms with E-state index in [-0.39, 0.29) is 0 Å². The van der Waals surface area contributed by atoms with Crippen LogP contribution in [-0.2, 0) is 18.3 Å². The average Bonchev–Trinajstić information content (AvgIpc) is 2.43. The third-order valence-electron chi connectivity index (χ3n) is 3.17. The van der Waals surface area contributed by atoms with Crippen LogP contribution < -0.4 is 0 Å². The van der Waals surface area contributed by atoms with Crippen LogP contribution >= 0.6 is 0 Å². The van der Waals surface area contributed by atoms with Gasteiger partial charge in [-0.05, 0) is 36.5 Å². The Hall–Kier alpha value is -0.850. The third-order valence-corrected chi connectivity index (χ3v) is 3.17. The van der Waals surface area contributed by atoms with Crippen molar-refractivity contribution in [2.45, 2.75) is 45.4 Å². The van der Waals surface area contributed by atoms with E-state index in [1.807, 2.05) is 6.20 Å². The molecule has 0 saturated heterocycles. The third kappa shape index (κ3) is 1.27. The highest BCUT2D eigenvalue weighted by molar-refractivity contribution is 5.38. The van der Waals surface area contributed by atoms with Crippen LogP contribution in [0.4, 0.5) is 0 Å². The van der Waals surface area contributed by atoms with Gasteiger partial charge in [-0.1, -0.05) is 20.8 Å². The second-order valence-electron chi connectivity index (χ2n) is 4.53. The first-order chi connectivity index (χ1) is 6.15. The normalized spacial score (nSPS) is 18.7. The summed E-state index contributed by atoms with van der Waals surface area (Å²) in [6, 6.07) is 2.17. The van der Waals surface area contributed by atoms with E-state index in [0.717, 1.165) is 6.42 Å². The monoisotopic (exact) mass is 175 g/mol. The van der Waals surface area contributed by atoms with Crippen LogP contribution in [-0.4, -0.2) is 4.98 Å². The molecular formula is C12H17N. The Morgan fingerprint density at radius 3 is 2.92 bits per heavy atom. The van der Waals surface area contributed by atoms with Crippen molar-refractivity contribution in [1.82, 2.24) is 4.98 Å². The van der Waals surface area contributed by atoms with Gasteiger partial charge in [0.15, 0.2) is 0 Å². The molecule has 0 radical (unpaired) electrons. The molecule has 1 aromatic heterocycles. The van der Waals surface area contributed by atoms with Gasteiger partial charge in [0.1, 0.15) is 0 Å². The molecular weight excluding hydrogens is 158 g/mol. The van der Waals surface area contributed by atoms with Crippen LogP contribution in [0.15, 0.2) is 12.3 Å². The van der Waals surface area contributed by atoms with Crippen molar-refractivity contribution in [3.05, 3.63) is 29.1 Å². The predicted molar refractivity (Wildman–Crippen MR) is 55.0 cm³/mol. The molecule has 1 heterocycles. The molecule has 1 aliphatic carbocycles. The quantitative estimate of drug-likeness (QED) is 0.639. The molecule has 0 amide bonds. The molecule has 0 spiro atoms. The molecule has 0 atom stereocenters. The summed E-state index contributed by atoms with van der Waals surface area (Å²) in [4.78, 5) is 4.52. The molecule has 70 valence electrons. The molecule has 0 bridgehead atoms. The maximum atomic E-state index is 4.52. The molecule has 0 fully saturated rings. The number of hydrogen-bond acceptors (Lipinski definition) is 1. The Labute approximate surface area is 80.2 Å². The number of aryl methyl sites for hydroxylation is 1. The Balaban J connectivity index is 2.56. The number of fused-ring (bicyclic) bond motifs is 1. The summed E-state index contributed by atoms with van der Waals surface area (Å²) in [5.41, 5.74) is 4.66. The van der Waals surface area contributed by atoms with Gasteiger partial charge in [-0.3, -0.25) is 4.98 Å². The van der Waals surface area contributed by atoms with Crippen LogP contribution in [0.2, 0.25) is 0 Å². The molecule has 2 rings (SSSR count). The van der Waals surface area contributed by atoms with Crippen LogP contribution in [0.25, 0.3) is 0 Å². The first-order valence-corrected chi connectivity index (χ1v) is 5.12. The van der Waals surface area contributed by atoms with Crippen molar-refractivity contribution in [3.8, 4) is 0 Å². The van der Waals surface area contributed by atoms with Gasteiger partial charge in [-0.25, -0.2) is 0 Å². The first-order valence-electron chi connectivity index (χ1n) is 5.12. The summed E-state index contributed by atoms with van der Waals surface area (Å²) in [5, 5.41) is 0. The number of hydrogen-bond donors (Lipinski definition) is 0. The molecule has 1 aromatic rings. The van der Waals surface area contributed by atoms with E-state index in [2.05, 4.69) is 31.8 Å². The largest absolute Gasteiger partial charge is 0.260 e. The maximum absolute atomic E-state index is 4.52. The van der Waals surface area contributed by atoms with Crippen molar-refractivity contribution in [1.29, 1.82) is 0 Å². The topological polar surface area (TPSA) is 12.9 Å². The number of pyridine rings is 1. The smallest absolute Gasteiger partial charge is 0.0494 e. The van der Waals surface area contributed by atoms with Crippen molar-refractivity contribution in [3.63, 3.8) is 0 Å². The molecule has 13 heavy (non-hydrogen) atoms. The van der Waals surface area contributed by atoms with Crippen molar-refractivity contribution in [2.75, 3.05) is 0 Å². The zero-order valence-corrected chi connectivity index (χ0v) is 8.72. The van der Waals surface area contributed by atoms with E-state index in [9.17, 15) is 0 Å². The summed E-state index contributed by atoms with van der Waals surface area (Å²) in [7, 11) is 0. The van der Waals surface area contributed by atoms with Gasteiger partial charge >= 0.3 is 0 Å². The lowest BCUT2D eigenvalue weighted by molar-refractivity contribution is 0.509. The van der Waals surface area contributed by atoms with Gasteiger partial charge in [0.25, 0.3) is 0 Å². The zero-order valence-electron chi connectivity index (χ0n) is 8.72. The van der Waals surface area contributed by atoms with Crippen LogP contribution in [0.1, 0.15) is 44.0 Å². The van der Waals surface area contributed by atoms with Gasteiger partial charge < -0.3 is 0 Å². The Kier molecular flexibility index (Phi) is 1.90.